The minimum atomic E-state index is -0.614. The Balaban J connectivity index is 1.41. The molecular weight excluding hydrogens is 382 g/mol. The van der Waals surface area contributed by atoms with Gasteiger partial charge in [-0.25, -0.2) is 9.78 Å². The van der Waals surface area contributed by atoms with Crippen LogP contribution in [-0.2, 0) is 29.0 Å². The van der Waals surface area contributed by atoms with Gasteiger partial charge in [-0.3, -0.25) is 14.2 Å². The average molecular weight is 405 g/mol. The molecule has 30 heavy (non-hydrogen) atoms. The van der Waals surface area contributed by atoms with Crippen molar-refractivity contribution in [3.63, 3.8) is 0 Å². The Morgan fingerprint density at radius 1 is 1.17 bits per heavy atom. The molecule has 0 spiro atoms. The predicted molar refractivity (Wildman–Crippen MR) is 112 cm³/mol. The summed E-state index contributed by atoms with van der Waals surface area (Å²) < 4.78 is 6.88. The van der Waals surface area contributed by atoms with Gasteiger partial charge in [-0.05, 0) is 37.1 Å². The number of fused-ring (bicyclic) bond motifs is 2. The van der Waals surface area contributed by atoms with Crippen LogP contribution in [0.25, 0.3) is 10.9 Å². The van der Waals surface area contributed by atoms with Gasteiger partial charge >= 0.3 is 5.97 Å². The Labute approximate surface area is 173 Å². The van der Waals surface area contributed by atoms with Gasteiger partial charge in [0.1, 0.15) is 5.82 Å². The molecule has 0 N–H and O–H groups in total. The molecule has 0 saturated carbocycles. The van der Waals surface area contributed by atoms with Gasteiger partial charge in [0.25, 0.3) is 11.5 Å². The smallest absolute Gasteiger partial charge is 0.338 e. The second kappa shape index (κ2) is 8.10. The normalized spacial score (nSPS) is 12.6. The van der Waals surface area contributed by atoms with E-state index in [1.165, 1.54) is 11.0 Å². The molecule has 1 aliphatic rings. The third kappa shape index (κ3) is 3.96. The van der Waals surface area contributed by atoms with E-state index in [9.17, 15) is 14.4 Å². The fourth-order valence-corrected chi connectivity index (χ4v) is 3.59. The third-order valence-corrected chi connectivity index (χ3v) is 5.35. The SMILES string of the molecule is Cc1ccc(CN(C)C(=O)COC(=O)c2ccc3c(=O)n4c(nc3c2)CCC4)cc1. The van der Waals surface area contributed by atoms with Crippen molar-refractivity contribution in [3.8, 4) is 0 Å². The van der Waals surface area contributed by atoms with E-state index in [1.54, 1.807) is 23.7 Å². The fourth-order valence-electron chi connectivity index (χ4n) is 3.59. The molecule has 4 rings (SSSR count). The lowest BCUT2D eigenvalue weighted by molar-refractivity contribution is -0.133. The van der Waals surface area contributed by atoms with Gasteiger partial charge in [0, 0.05) is 26.6 Å². The molecule has 0 radical (unpaired) electrons. The summed E-state index contributed by atoms with van der Waals surface area (Å²) in [5.41, 5.74) is 2.82. The van der Waals surface area contributed by atoms with Crippen LogP contribution in [0.2, 0.25) is 0 Å². The highest BCUT2D eigenvalue weighted by atomic mass is 16.5. The van der Waals surface area contributed by atoms with E-state index in [4.69, 9.17) is 4.74 Å². The van der Waals surface area contributed by atoms with Crippen molar-refractivity contribution in [1.82, 2.24) is 14.5 Å². The van der Waals surface area contributed by atoms with Crippen LogP contribution in [-0.4, -0.2) is 40.0 Å². The maximum Gasteiger partial charge on any atom is 0.338 e. The molecule has 1 aliphatic heterocycles. The molecule has 0 bridgehead atoms. The largest absolute Gasteiger partial charge is 0.452 e. The van der Waals surface area contributed by atoms with E-state index >= 15 is 0 Å². The molecule has 7 nitrogen and oxygen atoms in total. The van der Waals surface area contributed by atoms with Crippen LogP contribution in [0.15, 0.2) is 47.3 Å². The number of hydrogen-bond donors (Lipinski definition) is 0. The summed E-state index contributed by atoms with van der Waals surface area (Å²) in [6, 6.07) is 12.6. The van der Waals surface area contributed by atoms with Gasteiger partial charge in [0.15, 0.2) is 6.61 Å². The van der Waals surface area contributed by atoms with Crippen molar-refractivity contribution in [3.05, 3.63) is 75.3 Å². The van der Waals surface area contributed by atoms with Crippen LogP contribution in [0.5, 0.6) is 0 Å². The number of ether oxygens (including phenoxy) is 1. The second-order valence-electron chi connectivity index (χ2n) is 7.63. The van der Waals surface area contributed by atoms with Crippen molar-refractivity contribution in [2.24, 2.45) is 0 Å². The zero-order chi connectivity index (χ0) is 21.3. The standard InChI is InChI=1S/C23H23N3O4/c1-15-5-7-16(8-6-15)13-25(2)21(27)14-30-23(29)17-9-10-18-19(12-17)24-20-4-3-11-26(20)22(18)28/h5-10,12H,3-4,11,13-14H2,1-2H3. The van der Waals surface area contributed by atoms with Crippen molar-refractivity contribution in [2.45, 2.75) is 32.9 Å². The van der Waals surface area contributed by atoms with E-state index in [0.717, 1.165) is 29.8 Å². The van der Waals surface area contributed by atoms with Gasteiger partial charge < -0.3 is 9.64 Å². The molecule has 0 saturated heterocycles. The first-order valence-electron chi connectivity index (χ1n) is 9.92. The number of carbonyl (C=O) groups is 2. The number of aromatic nitrogens is 2. The molecule has 0 aliphatic carbocycles. The number of esters is 1. The predicted octanol–water partition coefficient (Wildman–Crippen LogP) is 2.47. The zero-order valence-corrected chi connectivity index (χ0v) is 17.1. The zero-order valence-electron chi connectivity index (χ0n) is 17.1. The maximum absolute atomic E-state index is 12.5. The maximum atomic E-state index is 12.5. The Hall–Kier alpha value is -3.48. The molecule has 2 aromatic carbocycles. The molecule has 1 aromatic heterocycles. The molecule has 2 heterocycles. The van der Waals surface area contributed by atoms with Gasteiger partial charge in [0.05, 0.1) is 16.5 Å². The molecule has 0 fully saturated rings. The molecule has 3 aromatic rings. The summed E-state index contributed by atoms with van der Waals surface area (Å²) in [7, 11) is 1.67. The molecular formula is C23H23N3O4. The molecule has 0 atom stereocenters. The van der Waals surface area contributed by atoms with Crippen LogP contribution in [0.4, 0.5) is 0 Å². The first-order chi connectivity index (χ1) is 14.4. The van der Waals surface area contributed by atoms with Crippen molar-refractivity contribution in [1.29, 1.82) is 0 Å². The van der Waals surface area contributed by atoms with Gasteiger partial charge in [0.2, 0.25) is 0 Å². The lowest BCUT2D eigenvalue weighted by Crippen LogP contribution is -2.30. The number of benzene rings is 2. The summed E-state index contributed by atoms with van der Waals surface area (Å²) in [6.07, 6.45) is 1.65. The number of carbonyl (C=O) groups excluding carboxylic acids is 2. The van der Waals surface area contributed by atoms with Crippen molar-refractivity contribution in [2.75, 3.05) is 13.7 Å². The summed E-state index contributed by atoms with van der Waals surface area (Å²) >= 11 is 0. The van der Waals surface area contributed by atoms with E-state index in [1.807, 2.05) is 31.2 Å². The molecule has 7 heteroatoms. The Morgan fingerprint density at radius 2 is 1.93 bits per heavy atom. The van der Waals surface area contributed by atoms with Crippen LogP contribution < -0.4 is 5.56 Å². The van der Waals surface area contributed by atoms with E-state index in [-0.39, 0.29) is 23.6 Å². The quantitative estimate of drug-likeness (QED) is 0.609. The second-order valence-corrected chi connectivity index (χ2v) is 7.63. The van der Waals surface area contributed by atoms with Crippen LogP contribution >= 0.6 is 0 Å². The Morgan fingerprint density at radius 3 is 2.70 bits per heavy atom. The highest BCUT2D eigenvalue weighted by Gasteiger charge is 2.18. The topological polar surface area (TPSA) is 81.5 Å². The number of hydrogen-bond acceptors (Lipinski definition) is 5. The van der Waals surface area contributed by atoms with E-state index in [2.05, 4.69) is 4.98 Å². The van der Waals surface area contributed by atoms with Crippen LogP contribution in [0.3, 0.4) is 0 Å². The average Bonchev–Trinajstić information content (AvgIpc) is 3.22. The Bertz CT molecular complexity index is 1180. The molecule has 154 valence electrons. The van der Waals surface area contributed by atoms with Gasteiger partial charge in [-0.1, -0.05) is 29.8 Å². The number of aryl methyl sites for hydroxylation is 2. The number of likely N-dealkylation sites (N-methyl/N-ethyl adjacent to an activating group) is 1. The van der Waals surface area contributed by atoms with Gasteiger partial charge in [-0.2, -0.15) is 0 Å². The minimum absolute atomic E-state index is 0.0830. The minimum Gasteiger partial charge on any atom is -0.452 e. The summed E-state index contributed by atoms with van der Waals surface area (Å²) in [5.74, 6) is -0.166. The van der Waals surface area contributed by atoms with Crippen molar-refractivity contribution >= 4 is 22.8 Å². The highest BCUT2D eigenvalue weighted by molar-refractivity contribution is 5.95. The Kier molecular flexibility index (Phi) is 5.35. The van der Waals surface area contributed by atoms with Gasteiger partial charge in [-0.15, -0.1) is 0 Å². The van der Waals surface area contributed by atoms with Crippen molar-refractivity contribution < 1.29 is 14.3 Å². The first kappa shape index (κ1) is 19.8. The van der Waals surface area contributed by atoms with E-state index in [0.29, 0.717) is 24.0 Å². The first-order valence-corrected chi connectivity index (χ1v) is 9.92. The third-order valence-electron chi connectivity index (χ3n) is 5.35. The fraction of sp³-hybridized carbons (Fsp3) is 0.304. The molecule has 1 amide bonds. The van der Waals surface area contributed by atoms with Crippen LogP contribution in [0.1, 0.15) is 33.7 Å². The number of rotatable bonds is 5. The lowest BCUT2D eigenvalue weighted by Gasteiger charge is -2.17. The number of amides is 1. The van der Waals surface area contributed by atoms with E-state index < -0.39 is 5.97 Å². The summed E-state index contributed by atoms with van der Waals surface area (Å²) in [5, 5.41) is 0.478. The monoisotopic (exact) mass is 405 g/mol. The lowest BCUT2D eigenvalue weighted by atomic mass is 10.1. The molecule has 0 unspecified atom stereocenters. The number of nitrogens with zero attached hydrogens (tertiary/aromatic N) is 3. The highest BCUT2D eigenvalue weighted by Crippen LogP contribution is 2.17. The summed E-state index contributed by atoms with van der Waals surface area (Å²) in [4.78, 5) is 43.3. The van der Waals surface area contributed by atoms with Crippen LogP contribution in [0, 0.1) is 6.92 Å². The summed E-state index contributed by atoms with van der Waals surface area (Å²) in [6.45, 7) is 2.77.